The second-order valence-electron chi connectivity index (χ2n) is 7.24. The number of carbonyl (C=O) groups excluding carboxylic acids is 1. The summed E-state index contributed by atoms with van der Waals surface area (Å²) in [6.45, 7) is 1.10. The second-order valence-corrected chi connectivity index (χ2v) is 9.62. The monoisotopic (exact) mass is 464 g/mol. The van der Waals surface area contributed by atoms with Gasteiger partial charge in [0.25, 0.3) is 0 Å². The first kappa shape index (κ1) is 21.4. The Morgan fingerprint density at radius 1 is 1.10 bits per heavy atom. The highest BCUT2D eigenvalue weighted by atomic mass is 35.5. The number of aryl methyl sites for hydroxylation is 1. The molecule has 1 aromatic heterocycles. The number of aromatic nitrogens is 1. The first-order valence-electron chi connectivity index (χ1n) is 9.67. The van der Waals surface area contributed by atoms with Gasteiger partial charge in [0.15, 0.2) is 5.58 Å². The van der Waals surface area contributed by atoms with Crippen LogP contribution in [0.25, 0.3) is 11.1 Å². The van der Waals surface area contributed by atoms with Crippen LogP contribution >= 0.6 is 11.6 Å². The molecule has 9 nitrogen and oxygen atoms in total. The molecule has 11 heteroatoms. The number of rotatable bonds is 3. The standard InChI is InChI=1S/C20H21ClN4O5S/c1-23-17-7-6-16(13-18(17)30-20(23)27)31(28,29)25-9-3-8-24(10-11-25)19(26)22-15-5-2-4-14(21)12-15/h2,4-7,12-13H,3,8-11H2,1H3,(H,22,26). The van der Waals surface area contributed by atoms with E-state index in [0.29, 0.717) is 29.2 Å². The maximum Gasteiger partial charge on any atom is 0.419 e. The van der Waals surface area contributed by atoms with E-state index in [1.165, 1.54) is 21.0 Å². The van der Waals surface area contributed by atoms with Crippen LogP contribution in [-0.2, 0) is 17.1 Å². The van der Waals surface area contributed by atoms with Crippen LogP contribution in [0.2, 0.25) is 5.02 Å². The Morgan fingerprint density at radius 3 is 2.68 bits per heavy atom. The minimum atomic E-state index is -3.81. The van der Waals surface area contributed by atoms with Crippen LogP contribution in [0.4, 0.5) is 10.5 Å². The first-order chi connectivity index (χ1) is 14.8. The highest BCUT2D eigenvalue weighted by Gasteiger charge is 2.29. The van der Waals surface area contributed by atoms with Crippen molar-refractivity contribution >= 4 is 44.4 Å². The van der Waals surface area contributed by atoms with E-state index in [0.717, 1.165) is 0 Å². The Morgan fingerprint density at radius 2 is 1.90 bits per heavy atom. The summed E-state index contributed by atoms with van der Waals surface area (Å²) in [7, 11) is -2.25. The van der Waals surface area contributed by atoms with E-state index in [1.807, 2.05) is 0 Å². The van der Waals surface area contributed by atoms with Crippen LogP contribution in [0, 0.1) is 0 Å². The zero-order chi connectivity index (χ0) is 22.2. The van der Waals surface area contributed by atoms with E-state index in [9.17, 15) is 18.0 Å². The molecule has 0 saturated carbocycles. The van der Waals surface area contributed by atoms with Gasteiger partial charge in [-0.15, -0.1) is 0 Å². The molecule has 0 spiro atoms. The van der Waals surface area contributed by atoms with Crippen molar-refractivity contribution in [2.45, 2.75) is 11.3 Å². The molecule has 0 unspecified atom stereocenters. The lowest BCUT2D eigenvalue weighted by Crippen LogP contribution is -2.39. The van der Waals surface area contributed by atoms with Gasteiger partial charge in [-0.1, -0.05) is 17.7 Å². The number of nitrogens with zero attached hydrogens (tertiary/aromatic N) is 3. The predicted octanol–water partition coefficient (Wildman–Crippen LogP) is 2.71. The summed E-state index contributed by atoms with van der Waals surface area (Å²) in [6.07, 6.45) is 0.491. The van der Waals surface area contributed by atoms with Gasteiger partial charge in [-0.3, -0.25) is 4.57 Å². The molecule has 1 aliphatic heterocycles. The van der Waals surface area contributed by atoms with Crippen molar-refractivity contribution in [3.05, 3.63) is 58.0 Å². The number of hydrogen-bond acceptors (Lipinski definition) is 5. The smallest absolute Gasteiger partial charge is 0.408 e. The third kappa shape index (κ3) is 4.32. The number of anilines is 1. The quantitative estimate of drug-likeness (QED) is 0.641. The van der Waals surface area contributed by atoms with E-state index in [-0.39, 0.29) is 36.1 Å². The average molecular weight is 465 g/mol. The number of urea groups is 1. The molecule has 4 rings (SSSR count). The summed E-state index contributed by atoms with van der Waals surface area (Å²) in [5.41, 5.74) is 1.30. The third-order valence-corrected chi connectivity index (χ3v) is 7.35. The molecule has 2 heterocycles. The zero-order valence-electron chi connectivity index (χ0n) is 16.7. The molecule has 3 aromatic rings. The van der Waals surface area contributed by atoms with Crippen molar-refractivity contribution in [2.24, 2.45) is 7.05 Å². The van der Waals surface area contributed by atoms with Gasteiger partial charge < -0.3 is 14.6 Å². The summed E-state index contributed by atoms with van der Waals surface area (Å²) in [4.78, 5) is 25.9. The van der Waals surface area contributed by atoms with Crippen molar-refractivity contribution in [2.75, 3.05) is 31.5 Å². The molecule has 2 aromatic carbocycles. The van der Waals surface area contributed by atoms with E-state index >= 15 is 0 Å². The molecular weight excluding hydrogens is 444 g/mol. The van der Waals surface area contributed by atoms with Crippen LogP contribution in [0.1, 0.15) is 6.42 Å². The van der Waals surface area contributed by atoms with Crippen LogP contribution < -0.4 is 11.1 Å². The molecule has 164 valence electrons. The third-order valence-electron chi connectivity index (χ3n) is 5.22. The maximum absolute atomic E-state index is 13.1. The largest absolute Gasteiger partial charge is 0.419 e. The maximum atomic E-state index is 13.1. The van der Waals surface area contributed by atoms with Crippen LogP contribution in [0.5, 0.6) is 0 Å². The summed E-state index contributed by atoms with van der Waals surface area (Å²) < 4.78 is 34.1. The number of oxazole rings is 1. The zero-order valence-corrected chi connectivity index (χ0v) is 18.3. The molecule has 0 radical (unpaired) electrons. The number of amides is 2. The van der Waals surface area contributed by atoms with E-state index < -0.39 is 15.8 Å². The number of carbonyl (C=O) groups is 1. The van der Waals surface area contributed by atoms with Crippen molar-refractivity contribution in [1.82, 2.24) is 13.8 Å². The molecule has 0 atom stereocenters. The molecule has 1 aliphatic rings. The molecule has 0 aliphatic carbocycles. The summed E-state index contributed by atoms with van der Waals surface area (Å²) >= 11 is 5.95. The van der Waals surface area contributed by atoms with Gasteiger partial charge in [0.2, 0.25) is 10.0 Å². The molecular formula is C20H21ClN4O5S. The van der Waals surface area contributed by atoms with Crippen molar-refractivity contribution in [3.8, 4) is 0 Å². The molecule has 1 N–H and O–H groups in total. The lowest BCUT2D eigenvalue weighted by Gasteiger charge is -2.22. The molecule has 31 heavy (non-hydrogen) atoms. The van der Waals surface area contributed by atoms with Crippen LogP contribution in [0.3, 0.4) is 0 Å². The first-order valence-corrected chi connectivity index (χ1v) is 11.5. The Labute approximate surface area is 183 Å². The minimum Gasteiger partial charge on any atom is -0.408 e. The fraction of sp³-hybridized carbons (Fsp3) is 0.300. The summed E-state index contributed by atoms with van der Waals surface area (Å²) in [6, 6.07) is 10.9. The summed E-state index contributed by atoms with van der Waals surface area (Å²) in [5, 5.41) is 3.29. The Kier molecular flexibility index (Phi) is 5.78. The predicted molar refractivity (Wildman–Crippen MR) is 117 cm³/mol. The fourth-order valence-corrected chi connectivity index (χ4v) is 5.21. The van der Waals surface area contributed by atoms with Crippen LogP contribution in [0.15, 0.2) is 56.6 Å². The fourth-order valence-electron chi connectivity index (χ4n) is 3.53. The average Bonchev–Trinajstić information content (AvgIpc) is 2.90. The van der Waals surface area contributed by atoms with E-state index in [4.69, 9.17) is 16.0 Å². The molecule has 1 fully saturated rings. The number of halogens is 1. The Bertz CT molecular complexity index is 1300. The number of sulfonamides is 1. The van der Waals surface area contributed by atoms with Crippen molar-refractivity contribution in [1.29, 1.82) is 0 Å². The van der Waals surface area contributed by atoms with E-state index in [1.54, 1.807) is 42.3 Å². The number of fused-ring (bicyclic) bond motifs is 1. The van der Waals surface area contributed by atoms with Gasteiger partial charge in [0, 0.05) is 50.0 Å². The SMILES string of the molecule is Cn1c(=O)oc2cc(S(=O)(=O)N3CCCN(C(=O)Nc4cccc(Cl)c4)CC3)ccc21. The number of nitrogens with one attached hydrogen (secondary N) is 1. The number of hydrogen-bond donors (Lipinski definition) is 1. The van der Waals surface area contributed by atoms with Gasteiger partial charge >= 0.3 is 11.8 Å². The van der Waals surface area contributed by atoms with Gasteiger partial charge in [-0.2, -0.15) is 4.31 Å². The van der Waals surface area contributed by atoms with Gasteiger partial charge in [0.1, 0.15) is 0 Å². The Hall–Kier alpha value is -2.82. The van der Waals surface area contributed by atoms with E-state index in [2.05, 4.69) is 5.32 Å². The molecule has 2 amide bonds. The highest BCUT2D eigenvalue weighted by Crippen LogP contribution is 2.23. The minimum absolute atomic E-state index is 0.0474. The van der Waals surface area contributed by atoms with Crippen molar-refractivity contribution < 1.29 is 17.6 Å². The van der Waals surface area contributed by atoms with Crippen LogP contribution in [-0.4, -0.2) is 54.4 Å². The van der Waals surface area contributed by atoms with Gasteiger partial charge in [0.05, 0.1) is 10.4 Å². The Balaban J connectivity index is 1.48. The normalized spacial score (nSPS) is 15.7. The lowest BCUT2D eigenvalue weighted by molar-refractivity contribution is 0.214. The summed E-state index contributed by atoms with van der Waals surface area (Å²) in [5.74, 6) is -0.555. The number of benzene rings is 2. The van der Waals surface area contributed by atoms with Gasteiger partial charge in [-0.05, 0) is 36.8 Å². The lowest BCUT2D eigenvalue weighted by atomic mass is 10.3. The molecule has 0 bridgehead atoms. The molecule has 1 saturated heterocycles. The van der Waals surface area contributed by atoms with Gasteiger partial charge in [-0.25, -0.2) is 18.0 Å². The highest BCUT2D eigenvalue weighted by molar-refractivity contribution is 7.89. The second kappa shape index (κ2) is 8.37. The van der Waals surface area contributed by atoms with Crippen molar-refractivity contribution in [3.63, 3.8) is 0 Å². The topological polar surface area (TPSA) is 105 Å².